The summed E-state index contributed by atoms with van der Waals surface area (Å²) in [4.78, 5) is 19.7. The van der Waals surface area contributed by atoms with E-state index in [1.165, 1.54) is 12.0 Å². The van der Waals surface area contributed by atoms with Crippen molar-refractivity contribution in [1.82, 2.24) is 15.2 Å². The summed E-state index contributed by atoms with van der Waals surface area (Å²) in [5.41, 5.74) is 2.40. The van der Waals surface area contributed by atoms with Crippen LogP contribution in [0, 0.1) is 11.8 Å². The Labute approximate surface area is 168 Å². The highest BCUT2D eigenvalue weighted by Gasteiger charge is 2.35. The number of likely N-dealkylation sites (tertiary alicyclic amines) is 1. The summed E-state index contributed by atoms with van der Waals surface area (Å²) >= 11 is 0. The van der Waals surface area contributed by atoms with Crippen LogP contribution >= 0.6 is 0 Å². The summed E-state index contributed by atoms with van der Waals surface area (Å²) in [5.74, 6) is 1.36. The van der Waals surface area contributed by atoms with Crippen LogP contribution in [0.2, 0.25) is 0 Å². The fourth-order valence-corrected chi connectivity index (χ4v) is 4.41. The maximum absolute atomic E-state index is 12.5. The average molecular weight is 378 g/mol. The van der Waals surface area contributed by atoms with E-state index in [2.05, 4.69) is 58.5 Å². The summed E-state index contributed by atoms with van der Waals surface area (Å²) in [5, 5.41) is 3.34. The van der Waals surface area contributed by atoms with Crippen LogP contribution in [0.1, 0.15) is 55.8 Å². The molecule has 0 spiro atoms. The Balaban J connectivity index is 1.44. The number of nitrogens with one attached hydrogen (secondary N) is 1. The maximum atomic E-state index is 12.5. The Morgan fingerprint density at radius 2 is 1.93 bits per heavy atom. The molecular weight excluding hydrogens is 346 g/mol. The third-order valence-corrected chi connectivity index (χ3v) is 6.17. The normalized spacial score (nSPS) is 22.4. The molecule has 2 aliphatic rings. The second kappa shape index (κ2) is 8.87. The maximum Gasteiger partial charge on any atom is 0.223 e. The lowest BCUT2D eigenvalue weighted by molar-refractivity contribution is -0.123. The fourth-order valence-electron chi connectivity index (χ4n) is 4.41. The van der Waals surface area contributed by atoms with Crippen molar-refractivity contribution < 1.29 is 4.79 Å². The number of rotatable bonds is 7. The van der Waals surface area contributed by atoms with Crippen molar-refractivity contribution in [3.63, 3.8) is 0 Å². The minimum Gasteiger partial charge on any atom is -0.347 e. The van der Waals surface area contributed by atoms with Gasteiger partial charge in [0.05, 0.1) is 11.7 Å². The van der Waals surface area contributed by atoms with Crippen molar-refractivity contribution in [1.29, 1.82) is 0 Å². The van der Waals surface area contributed by atoms with Crippen molar-refractivity contribution in [2.24, 2.45) is 11.8 Å². The molecule has 1 aromatic carbocycles. The topological polar surface area (TPSA) is 45.2 Å². The summed E-state index contributed by atoms with van der Waals surface area (Å²) < 4.78 is 0. The monoisotopic (exact) mass is 377 g/mol. The molecule has 0 bridgehead atoms. The van der Waals surface area contributed by atoms with E-state index in [-0.39, 0.29) is 17.9 Å². The van der Waals surface area contributed by atoms with E-state index in [0.29, 0.717) is 11.8 Å². The van der Waals surface area contributed by atoms with Gasteiger partial charge in [-0.2, -0.15) is 0 Å². The average Bonchev–Trinajstić information content (AvgIpc) is 3.59. The van der Waals surface area contributed by atoms with Crippen LogP contribution in [0.25, 0.3) is 0 Å². The number of aromatic nitrogens is 1. The summed E-state index contributed by atoms with van der Waals surface area (Å²) in [7, 11) is 0. The first-order valence-electron chi connectivity index (χ1n) is 10.7. The van der Waals surface area contributed by atoms with Gasteiger partial charge in [-0.25, -0.2) is 0 Å². The van der Waals surface area contributed by atoms with Crippen LogP contribution in [0.5, 0.6) is 0 Å². The minimum absolute atomic E-state index is 0.0177. The molecule has 4 rings (SSSR count). The molecule has 1 saturated carbocycles. The van der Waals surface area contributed by atoms with Gasteiger partial charge in [-0.3, -0.25) is 9.78 Å². The molecule has 1 amide bonds. The van der Waals surface area contributed by atoms with E-state index in [9.17, 15) is 4.79 Å². The van der Waals surface area contributed by atoms with Gasteiger partial charge in [0.15, 0.2) is 0 Å². The predicted octanol–water partition coefficient (Wildman–Crippen LogP) is 4.16. The Morgan fingerprint density at radius 1 is 1.14 bits per heavy atom. The van der Waals surface area contributed by atoms with Crippen LogP contribution in [0.3, 0.4) is 0 Å². The molecule has 3 unspecified atom stereocenters. The molecule has 4 heteroatoms. The molecule has 1 aliphatic carbocycles. The zero-order valence-corrected chi connectivity index (χ0v) is 16.8. The molecule has 1 N–H and O–H groups in total. The molecule has 1 aromatic heterocycles. The second-order valence-corrected chi connectivity index (χ2v) is 8.49. The van der Waals surface area contributed by atoms with E-state index in [1.54, 1.807) is 0 Å². The second-order valence-electron chi connectivity index (χ2n) is 8.49. The van der Waals surface area contributed by atoms with Crippen LogP contribution in [-0.2, 0) is 4.79 Å². The van der Waals surface area contributed by atoms with E-state index in [1.807, 2.05) is 18.3 Å². The number of carbonyl (C=O) groups excluding carboxylic acids is 1. The molecule has 3 atom stereocenters. The zero-order chi connectivity index (χ0) is 19.3. The minimum atomic E-state index is 0.0177. The van der Waals surface area contributed by atoms with Crippen molar-refractivity contribution in [2.45, 2.75) is 44.6 Å². The molecule has 2 heterocycles. The molecular formula is C24H31N3O. The Morgan fingerprint density at radius 3 is 2.64 bits per heavy atom. The molecule has 1 saturated heterocycles. The quantitative estimate of drug-likeness (QED) is 0.788. The van der Waals surface area contributed by atoms with Crippen LogP contribution in [0.15, 0.2) is 54.7 Å². The first-order valence-corrected chi connectivity index (χ1v) is 10.7. The van der Waals surface area contributed by atoms with E-state index >= 15 is 0 Å². The number of hydrogen-bond acceptors (Lipinski definition) is 3. The third kappa shape index (κ3) is 4.79. The summed E-state index contributed by atoms with van der Waals surface area (Å²) in [6, 6.07) is 16.8. The van der Waals surface area contributed by atoms with Gasteiger partial charge in [0.1, 0.15) is 0 Å². The van der Waals surface area contributed by atoms with Gasteiger partial charge in [0, 0.05) is 25.2 Å². The molecule has 28 heavy (non-hydrogen) atoms. The molecule has 4 nitrogen and oxygen atoms in total. The van der Waals surface area contributed by atoms with Gasteiger partial charge in [-0.05, 0) is 61.8 Å². The van der Waals surface area contributed by atoms with Gasteiger partial charge in [0.2, 0.25) is 5.91 Å². The van der Waals surface area contributed by atoms with Crippen LogP contribution in [0.4, 0.5) is 0 Å². The Kier molecular flexibility index (Phi) is 6.06. The number of amides is 1. The van der Waals surface area contributed by atoms with E-state index in [4.69, 9.17) is 0 Å². The molecule has 2 aromatic rings. The first-order chi connectivity index (χ1) is 13.7. The summed E-state index contributed by atoms with van der Waals surface area (Å²) in [6.45, 7) is 5.53. The third-order valence-electron chi connectivity index (χ3n) is 6.17. The molecule has 0 radical (unpaired) electrons. The largest absolute Gasteiger partial charge is 0.347 e. The van der Waals surface area contributed by atoms with Gasteiger partial charge in [0.25, 0.3) is 0 Å². The Hall–Kier alpha value is -2.20. The highest BCUT2D eigenvalue weighted by atomic mass is 16.2. The van der Waals surface area contributed by atoms with Crippen molar-refractivity contribution >= 4 is 5.91 Å². The van der Waals surface area contributed by atoms with Crippen LogP contribution in [-0.4, -0.2) is 35.4 Å². The molecule has 1 aliphatic heterocycles. The number of benzene rings is 1. The van der Waals surface area contributed by atoms with Gasteiger partial charge in [-0.15, -0.1) is 0 Å². The van der Waals surface area contributed by atoms with Gasteiger partial charge in [-0.1, -0.05) is 43.3 Å². The SMILES string of the molecule is CC(CN1CCCC(C(NC(=O)C2CC2)c2ccccn2)C1)c1ccccc1. The van der Waals surface area contributed by atoms with E-state index in [0.717, 1.165) is 44.6 Å². The van der Waals surface area contributed by atoms with Crippen molar-refractivity contribution in [3.8, 4) is 0 Å². The van der Waals surface area contributed by atoms with Crippen LogP contribution < -0.4 is 5.32 Å². The predicted molar refractivity (Wildman–Crippen MR) is 112 cm³/mol. The smallest absolute Gasteiger partial charge is 0.223 e. The zero-order valence-electron chi connectivity index (χ0n) is 16.8. The van der Waals surface area contributed by atoms with Crippen molar-refractivity contribution in [2.75, 3.05) is 19.6 Å². The lowest BCUT2D eigenvalue weighted by Gasteiger charge is -2.38. The highest BCUT2D eigenvalue weighted by molar-refractivity contribution is 5.81. The van der Waals surface area contributed by atoms with Gasteiger partial charge >= 0.3 is 0 Å². The fraction of sp³-hybridized carbons (Fsp3) is 0.500. The molecule has 148 valence electrons. The summed E-state index contributed by atoms with van der Waals surface area (Å²) in [6.07, 6.45) is 6.22. The first kappa shape index (κ1) is 19.1. The highest BCUT2D eigenvalue weighted by Crippen LogP contribution is 2.33. The lowest BCUT2D eigenvalue weighted by Crippen LogP contribution is -2.44. The number of piperidine rings is 1. The lowest BCUT2D eigenvalue weighted by atomic mass is 9.87. The number of nitrogens with zero attached hydrogens (tertiary/aromatic N) is 2. The van der Waals surface area contributed by atoms with E-state index < -0.39 is 0 Å². The number of pyridine rings is 1. The standard InChI is InChI=1S/C24H31N3O/c1-18(19-8-3-2-4-9-19)16-27-15-7-10-21(17-27)23(22-11-5-6-14-25-22)26-24(28)20-12-13-20/h2-6,8-9,11,14,18,20-21,23H,7,10,12-13,15-17H2,1H3,(H,26,28). The van der Waals surface area contributed by atoms with Gasteiger partial charge < -0.3 is 10.2 Å². The van der Waals surface area contributed by atoms with Crippen molar-refractivity contribution in [3.05, 3.63) is 66.0 Å². The molecule has 2 fully saturated rings. The number of carbonyl (C=O) groups is 1. The Bertz CT molecular complexity index is 760. The number of hydrogen-bond donors (Lipinski definition) is 1.